The molecule has 1 atom stereocenters. The van der Waals surface area contributed by atoms with Crippen molar-refractivity contribution in [2.45, 2.75) is 44.6 Å². The number of hydrogen-bond donors (Lipinski definition) is 1. The van der Waals surface area contributed by atoms with Gasteiger partial charge in [-0.3, -0.25) is 0 Å². The summed E-state index contributed by atoms with van der Waals surface area (Å²) in [7, 11) is -0.953. The van der Waals surface area contributed by atoms with E-state index in [4.69, 9.17) is 0 Å². The first kappa shape index (κ1) is 12.9. The van der Waals surface area contributed by atoms with Crippen molar-refractivity contribution < 1.29 is 8.42 Å². The third-order valence-corrected chi connectivity index (χ3v) is 6.58. The van der Waals surface area contributed by atoms with Crippen molar-refractivity contribution >= 4 is 9.84 Å². The van der Waals surface area contributed by atoms with Gasteiger partial charge in [-0.2, -0.15) is 0 Å². The van der Waals surface area contributed by atoms with E-state index < -0.39 is 9.84 Å². The Kier molecular flexibility index (Phi) is 3.02. The molecule has 0 aromatic carbocycles. The molecule has 18 heavy (non-hydrogen) atoms. The molecule has 4 bridgehead atoms. The molecule has 4 heteroatoms. The van der Waals surface area contributed by atoms with Gasteiger partial charge >= 0.3 is 0 Å². The van der Waals surface area contributed by atoms with E-state index in [-0.39, 0.29) is 11.5 Å². The van der Waals surface area contributed by atoms with Crippen LogP contribution in [-0.2, 0) is 9.84 Å². The quantitative estimate of drug-likeness (QED) is 0.848. The zero-order valence-corrected chi connectivity index (χ0v) is 12.3. The first-order chi connectivity index (χ1) is 8.40. The van der Waals surface area contributed by atoms with Gasteiger partial charge in [-0.15, -0.1) is 0 Å². The fourth-order valence-corrected chi connectivity index (χ4v) is 6.60. The molecular formula is C14H25NO2S. The lowest BCUT2D eigenvalue weighted by Gasteiger charge is -2.59. The van der Waals surface area contributed by atoms with Gasteiger partial charge in [-0.25, -0.2) is 8.42 Å². The highest BCUT2D eigenvalue weighted by Crippen LogP contribution is 2.61. The molecule has 4 fully saturated rings. The van der Waals surface area contributed by atoms with Gasteiger partial charge < -0.3 is 5.32 Å². The molecule has 0 aliphatic heterocycles. The normalized spacial score (nSPS) is 44.2. The SMILES string of the molecule is CNC(CS(C)(=O)=O)C12CC3CC(CC(C3)C1)C2. The Hall–Kier alpha value is -0.0900. The summed E-state index contributed by atoms with van der Waals surface area (Å²) in [6.45, 7) is 0. The molecule has 0 aromatic heterocycles. The molecule has 4 rings (SSSR count). The summed E-state index contributed by atoms with van der Waals surface area (Å²) in [5.41, 5.74) is 0.284. The van der Waals surface area contributed by atoms with Crippen LogP contribution in [0, 0.1) is 23.2 Å². The molecule has 0 spiro atoms. The van der Waals surface area contributed by atoms with E-state index in [1.165, 1.54) is 44.8 Å². The highest BCUT2D eigenvalue weighted by atomic mass is 32.2. The predicted molar refractivity (Wildman–Crippen MR) is 73.2 cm³/mol. The van der Waals surface area contributed by atoms with Crippen LogP contribution in [0.1, 0.15) is 38.5 Å². The van der Waals surface area contributed by atoms with Crippen molar-refractivity contribution in [3.63, 3.8) is 0 Å². The van der Waals surface area contributed by atoms with Gasteiger partial charge in [0.05, 0.1) is 5.75 Å². The Balaban J connectivity index is 1.85. The molecule has 3 nitrogen and oxygen atoms in total. The Morgan fingerprint density at radius 3 is 1.89 bits per heavy atom. The van der Waals surface area contributed by atoms with Gasteiger partial charge in [0.2, 0.25) is 0 Å². The predicted octanol–water partition coefficient (Wildman–Crippen LogP) is 1.84. The average Bonchev–Trinajstić information content (AvgIpc) is 2.22. The monoisotopic (exact) mass is 271 g/mol. The topological polar surface area (TPSA) is 46.2 Å². The van der Waals surface area contributed by atoms with E-state index in [0.29, 0.717) is 5.75 Å². The minimum atomic E-state index is -2.89. The zero-order chi connectivity index (χ0) is 13.0. The van der Waals surface area contributed by atoms with E-state index in [1.54, 1.807) is 0 Å². The van der Waals surface area contributed by atoms with Gasteiger partial charge in [0.25, 0.3) is 0 Å². The number of nitrogens with one attached hydrogen (secondary N) is 1. The zero-order valence-electron chi connectivity index (χ0n) is 11.5. The van der Waals surface area contributed by atoms with Gasteiger partial charge in [-0.05, 0) is 68.7 Å². The van der Waals surface area contributed by atoms with Crippen LogP contribution in [0.5, 0.6) is 0 Å². The highest BCUT2D eigenvalue weighted by molar-refractivity contribution is 7.90. The van der Waals surface area contributed by atoms with Gasteiger partial charge in [-0.1, -0.05) is 0 Å². The van der Waals surface area contributed by atoms with E-state index in [1.807, 2.05) is 7.05 Å². The molecule has 1 N–H and O–H groups in total. The van der Waals surface area contributed by atoms with Crippen molar-refractivity contribution in [3.8, 4) is 0 Å². The van der Waals surface area contributed by atoms with Crippen LogP contribution < -0.4 is 5.32 Å². The Bertz CT molecular complexity index is 394. The maximum atomic E-state index is 11.7. The largest absolute Gasteiger partial charge is 0.315 e. The number of hydrogen-bond acceptors (Lipinski definition) is 3. The van der Waals surface area contributed by atoms with E-state index in [9.17, 15) is 8.42 Å². The summed E-state index contributed by atoms with van der Waals surface area (Å²) in [6, 6.07) is 0.167. The van der Waals surface area contributed by atoms with Gasteiger partial charge in [0.15, 0.2) is 0 Å². The Morgan fingerprint density at radius 1 is 1.11 bits per heavy atom. The fourth-order valence-electron chi connectivity index (χ4n) is 5.47. The molecule has 0 aromatic rings. The van der Waals surface area contributed by atoms with Crippen LogP contribution in [-0.4, -0.2) is 33.5 Å². The van der Waals surface area contributed by atoms with Crippen LogP contribution in [0.3, 0.4) is 0 Å². The van der Waals surface area contributed by atoms with Crippen molar-refractivity contribution in [1.82, 2.24) is 5.32 Å². The molecule has 4 saturated carbocycles. The minimum absolute atomic E-state index is 0.167. The summed E-state index contributed by atoms with van der Waals surface area (Å²) in [5, 5.41) is 3.34. The van der Waals surface area contributed by atoms with Gasteiger partial charge in [0.1, 0.15) is 9.84 Å². The summed E-state index contributed by atoms with van der Waals surface area (Å²) >= 11 is 0. The summed E-state index contributed by atoms with van der Waals surface area (Å²) in [5.74, 6) is 2.96. The second kappa shape index (κ2) is 4.20. The van der Waals surface area contributed by atoms with E-state index >= 15 is 0 Å². The maximum absolute atomic E-state index is 11.7. The molecule has 0 heterocycles. The van der Waals surface area contributed by atoms with Crippen molar-refractivity contribution in [2.75, 3.05) is 19.1 Å². The second-order valence-electron chi connectivity index (χ2n) is 7.21. The average molecular weight is 271 g/mol. The van der Waals surface area contributed by atoms with Crippen LogP contribution in [0.4, 0.5) is 0 Å². The van der Waals surface area contributed by atoms with Crippen LogP contribution >= 0.6 is 0 Å². The summed E-state index contributed by atoms with van der Waals surface area (Å²) < 4.78 is 23.3. The molecule has 0 saturated heterocycles. The van der Waals surface area contributed by atoms with Crippen molar-refractivity contribution in [3.05, 3.63) is 0 Å². The van der Waals surface area contributed by atoms with Gasteiger partial charge in [0, 0.05) is 12.3 Å². The van der Waals surface area contributed by atoms with Crippen LogP contribution in [0.15, 0.2) is 0 Å². The second-order valence-corrected chi connectivity index (χ2v) is 9.40. The first-order valence-corrected chi connectivity index (χ1v) is 9.31. The molecule has 4 aliphatic rings. The van der Waals surface area contributed by atoms with Crippen molar-refractivity contribution in [1.29, 1.82) is 0 Å². The lowest BCUT2D eigenvalue weighted by atomic mass is 9.48. The number of sulfone groups is 1. The standard InChI is InChI=1S/C14H25NO2S/c1-15-13(9-18(2,16)17)14-6-10-3-11(7-14)5-12(4-10)8-14/h10-13,15H,3-9H2,1-2H3. The minimum Gasteiger partial charge on any atom is -0.315 e. The maximum Gasteiger partial charge on any atom is 0.149 e. The lowest BCUT2D eigenvalue weighted by molar-refractivity contribution is -0.0684. The first-order valence-electron chi connectivity index (χ1n) is 7.25. The fraction of sp³-hybridized carbons (Fsp3) is 1.00. The summed E-state index contributed by atoms with van der Waals surface area (Å²) in [4.78, 5) is 0. The lowest BCUT2D eigenvalue weighted by Crippen LogP contribution is -2.57. The molecular weight excluding hydrogens is 246 g/mol. The van der Waals surface area contributed by atoms with E-state index in [0.717, 1.165) is 17.8 Å². The molecule has 1 unspecified atom stereocenters. The Labute approximate surface area is 111 Å². The van der Waals surface area contributed by atoms with Crippen LogP contribution in [0.25, 0.3) is 0 Å². The third-order valence-electron chi connectivity index (χ3n) is 5.64. The summed E-state index contributed by atoms with van der Waals surface area (Å²) in [6.07, 6.45) is 9.40. The van der Waals surface area contributed by atoms with E-state index in [2.05, 4.69) is 5.32 Å². The van der Waals surface area contributed by atoms with Crippen molar-refractivity contribution in [2.24, 2.45) is 23.2 Å². The Morgan fingerprint density at radius 2 is 1.56 bits per heavy atom. The molecule has 0 radical (unpaired) electrons. The molecule has 104 valence electrons. The van der Waals surface area contributed by atoms with Crippen LogP contribution in [0.2, 0.25) is 0 Å². The number of rotatable bonds is 4. The molecule has 0 amide bonds. The third kappa shape index (κ3) is 2.22. The molecule has 4 aliphatic carbocycles. The highest BCUT2D eigenvalue weighted by Gasteiger charge is 2.54. The smallest absolute Gasteiger partial charge is 0.149 e.